The number of hydrogen-bond acceptors (Lipinski definition) is 1. The van der Waals surface area contributed by atoms with Crippen molar-refractivity contribution < 1.29 is 0 Å². The van der Waals surface area contributed by atoms with Gasteiger partial charge in [0.25, 0.3) is 0 Å². The Hall–Kier alpha value is -0.300. The zero-order valence-electron chi connectivity index (χ0n) is 11.4. The molecule has 1 aliphatic carbocycles. The highest BCUT2D eigenvalue weighted by molar-refractivity contribution is 5.21. The summed E-state index contributed by atoms with van der Waals surface area (Å²) in [5.41, 5.74) is 2.34. The van der Waals surface area contributed by atoms with Crippen LogP contribution in [0.5, 0.6) is 0 Å². The van der Waals surface area contributed by atoms with E-state index < -0.39 is 0 Å². The van der Waals surface area contributed by atoms with Gasteiger partial charge in [-0.25, -0.2) is 0 Å². The lowest BCUT2D eigenvalue weighted by molar-refractivity contribution is 0.457. The minimum atomic E-state index is 0.464. The molecular formula is C14H27N. The van der Waals surface area contributed by atoms with Gasteiger partial charge in [-0.2, -0.15) is 0 Å². The van der Waals surface area contributed by atoms with Crippen molar-refractivity contribution in [2.24, 2.45) is 16.7 Å². The van der Waals surface area contributed by atoms with Crippen LogP contribution in [0.4, 0.5) is 0 Å². The molecule has 1 aliphatic rings. The first-order valence-electron chi connectivity index (χ1n) is 6.13. The van der Waals surface area contributed by atoms with Gasteiger partial charge in [0, 0.05) is 6.04 Å². The van der Waals surface area contributed by atoms with E-state index in [4.69, 9.17) is 0 Å². The van der Waals surface area contributed by atoms with E-state index in [9.17, 15) is 0 Å². The minimum absolute atomic E-state index is 0.464. The van der Waals surface area contributed by atoms with Gasteiger partial charge in [0.1, 0.15) is 0 Å². The summed E-state index contributed by atoms with van der Waals surface area (Å²) in [5, 5.41) is 3.61. The van der Waals surface area contributed by atoms with Crippen LogP contribution in [0, 0.1) is 16.7 Å². The molecule has 1 rings (SSSR count). The van der Waals surface area contributed by atoms with Crippen molar-refractivity contribution in [3.63, 3.8) is 0 Å². The van der Waals surface area contributed by atoms with Crippen LogP contribution in [-0.2, 0) is 0 Å². The van der Waals surface area contributed by atoms with Crippen LogP contribution in [0.1, 0.15) is 48.5 Å². The summed E-state index contributed by atoms with van der Waals surface area (Å²) in [6.07, 6.45) is 2.39. The van der Waals surface area contributed by atoms with Gasteiger partial charge >= 0.3 is 0 Å². The summed E-state index contributed by atoms with van der Waals surface area (Å²) in [4.78, 5) is 0. The molecule has 0 spiro atoms. The second kappa shape index (κ2) is 3.93. The fourth-order valence-corrected chi connectivity index (χ4v) is 3.01. The van der Waals surface area contributed by atoms with Crippen LogP contribution in [0.15, 0.2) is 11.6 Å². The molecule has 0 saturated heterocycles. The number of rotatable bonds is 4. The smallest absolute Gasteiger partial charge is 0.0291 e. The molecule has 0 aliphatic heterocycles. The van der Waals surface area contributed by atoms with Crippen molar-refractivity contribution in [2.45, 2.75) is 54.5 Å². The fraction of sp³-hybridized carbons (Fsp3) is 0.857. The number of nitrogens with one attached hydrogen (secondary N) is 1. The largest absolute Gasteiger partial charge is 0.310 e. The summed E-state index contributed by atoms with van der Waals surface area (Å²) in [6, 6.07) is 0.546. The second-order valence-electron chi connectivity index (χ2n) is 6.25. The minimum Gasteiger partial charge on any atom is -0.310 e. The average Bonchev–Trinajstić information content (AvgIpc) is 2.41. The van der Waals surface area contributed by atoms with Crippen LogP contribution >= 0.6 is 0 Å². The van der Waals surface area contributed by atoms with Crippen LogP contribution in [0.3, 0.4) is 0 Å². The lowest BCUT2D eigenvalue weighted by Crippen LogP contribution is -2.31. The van der Waals surface area contributed by atoms with Gasteiger partial charge in [-0.05, 0) is 37.1 Å². The van der Waals surface area contributed by atoms with Crippen LogP contribution < -0.4 is 5.32 Å². The van der Waals surface area contributed by atoms with Gasteiger partial charge in [0.2, 0.25) is 0 Å². The van der Waals surface area contributed by atoms with Crippen molar-refractivity contribution in [3.05, 3.63) is 11.6 Å². The van der Waals surface area contributed by atoms with Crippen molar-refractivity contribution in [3.8, 4) is 0 Å². The third kappa shape index (κ3) is 2.13. The highest BCUT2D eigenvalue weighted by atomic mass is 14.9. The Morgan fingerprint density at radius 3 is 1.93 bits per heavy atom. The molecule has 0 bridgehead atoms. The summed E-state index contributed by atoms with van der Waals surface area (Å²) in [7, 11) is 0. The Morgan fingerprint density at radius 2 is 1.67 bits per heavy atom. The van der Waals surface area contributed by atoms with E-state index in [2.05, 4.69) is 59.9 Å². The summed E-state index contributed by atoms with van der Waals surface area (Å²) < 4.78 is 0. The molecule has 0 aromatic heterocycles. The van der Waals surface area contributed by atoms with E-state index in [1.165, 1.54) is 5.57 Å². The van der Waals surface area contributed by atoms with Gasteiger partial charge in [-0.1, -0.05) is 46.3 Å². The standard InChI is InChI=1S/C14H27N/c1-8-15-11(9-10(2)3)12-13(4,5)14(12,6)7/h9,11-12,15H,8H2,1-7H3. The Balaban J connectivity index is 2.81. The summed E-state index contributed by atoms with van der Waals surface area (Å²) in [5.74, 6) is 0.764. The number of likely N-dealkylation sites (N-methyl/N-ethyl adjacent to an activating group) is 1. The molecule has 1 saturated carbocycles. The lowest BCUT2D eigenvalue weighted by atomic mass is 10.0. The molecule has 0 heterocycles. The zero-order valence-corrected chi connectivity index (χ0v) is 11.4. The molecule has 1 unspecified atom stereocenters. The first-order chi connectivity index (χ1) is 6.75. The zero-order chi connectivity index (χ0) is 11.9. The molecule has 1 heteroatoms. The summed E-state index contributed by atoms with van der Waals surface area (Å²) in [6.45, 7) is 17.2. The van der Waals surface area contributed by atoms with E-state index in [-0.39, 0.29) is 0 Å². The van der Waals surface area contributed by atoms with Gasteiger partial charge in [0.05, 0.1) is 0 Å². The van der Waals surface area contributed by atoms with Gasteiger partial charge in [0.15, 0.2) is 0 Å². The van der Waals surface area contributed by atoms with Gasteiger partial charge in [-0.3, -0.25) is 0 Å². The van der Waals surface area contributed by atoms with Crippen LogP contribution in [0.25, 0.3) is 0 Å². The van der Waals surface area contributed by atoms with E-state index in [1.807, 2.05) is 0 Å². The SMILES string of the molecule is CCNC(C=C(C)C)C1C(C)(C)C1(C)C. The van der Waals surface area contributed by atoms with Crippen molar-refractivity contribution in [1.29, 1.82) is 0 Å². The fourth-order valence-electron chi connectivity index (χ4n) is 3.01. The number of allylic oxidation sites excluding steroid dienone is 1. The Morgan fingerprint density at radius 1 is 1.20 bits per heavy atom. The Kier molecular flexibility index (Phi) is 3.35. The highest BCUT2D eigenvalue weighted by Crippen LogP contribution is 2.69. The first-order valence-corrected chi connectivity index (χ1v) is 6.13. The van der Waals surface area contributed by atoms with Crippen molar-refractivity contribution in [2.75, 3.05) is 6.54 Å². The topological polar surface area (TPSA) is 12.0 Å². The third-order valence-electron chi connectivity index (χ3n) is 4.44. The van der Waals surface area contributed by atoms with E-state index >= 15 is 0 Å². The maximum absolute atomic E-state index is 3.61. The van der Waals surface area contributed by atoms with Crippen LogP contribution in [0.2, 0.25) is 0 Å². The quantitative estimate of drug-likeness (QED) is 0.697. The number of hydrogen-bond donors (Lipinski definition) is 1. The first kappa shape index (κ1) is 12.8. The Labute approximate surface area is 95.3 Å². The van der Waals surface area contributed by atoms with Crippen LogP contribution in [-0.4, -0.2) is 12.6 Å². The maximum atomic E-state index is 3.61. The van der Waals surface area contributed by atoms with Gasteiger partial charge in [-0.15, -0.1) is 0 Å². The highest BCUT2D eigenvalue weighted by Gasteiger charge is 2.66. The average molecular weight is 209 g/mol. The molecule has 1 atom stereocenters. The maximum Gasteiger partial charge on any atom is 0.0291 e. The second-order valence-corrected chi connectivity index (χ2v) is 6.25. The Bertz CT molecular complexity index is 243. The monoisotopic (exact) mass is 209 g/mol. The molecule has 0 amide bonds. The predicted octanol–water partition coefficient (Wildman–Crippen LogP) is 3.61. The molecule has 88 valence electrons. The molecule has 1 fully saturated rings. The third-order valence-corrected chi connectivity index (χ3v) is 4.44. The molecule has 0 radical (unpaired) electrons. The molecule has 0 aromatic carbocycles. The lowest BCUT2D eigenvalue weighted by Gasteiger charge is -2.17. The molecule has 15 heavy (non-hydrogen) atoms. The van der Waals surface area contributed by atoms with E-state index in [0.717, 1.165) is 12.5 Å². The van der Waals surface area contributed by atoms with Crippen molar-refractivity contribution >= 4 is 0 Å². The normalized spacial score (nSPS) is 24.7. The van der Waals surface area contributed by atoms with Gasteiger partial charge < -0.3 is 5.32 Å². The van der Waals surface area contributed by atoms with E-state index in [1.54, 1.807) is 0 Å². The summed E-state index contributed by atoms with van der Waals surface area (Å²) >= 11 is 0. The predicted molar refractivity (Wildman–Crippen MR) is 67.9 cm³/mol. The molecule has 0 aromatic rings. The molecular weight excluding hydrogens is 182 g/mol. The van der Waals surface area contributed by atoms with E-state index in [0.29, 0.717) is 16.9 Å². The van der Waals surface area contributed by atoms with Crippen molar-refractivity contribution in [1.82, 2.24) is 5.32 Å². The molecule has 1 N–H and O–H groups in total. The molecule has 1 nitrogen and oxygen atoms in total.